The van der Waals surface area contributed by atoms with E-state index in [2.05, 4.69) is 11.2 Å². The maximum atomic E-state index is 13.7. The van der Waals surface area contributed by atoms with Gasteiger partial charge in [0.2, 0.25) is 0 Å². The molecule has 0 aliphatic heterocycles. The quantitative estimate of drug-likeness (QED) is 0.415. The Morgan fingerprint density at radius 1 is 0.917 bits per heavy atom. The van der Waals surface area contributed by atoms with E-state index in [-0.39, 0.29) is 10.7 Å². The molecule has 36 heavy (non-hydrogen) atoms. The number of benzene rings is 3. The molecule has 0 fully saturated rings. The molecule has 0 bridgehead atoms. The van der Waals surface area contributed by atoms with E-state index in [1.165, 1.54) is 0 Å². The number of rotatable bonds is 6. The van der Waals surface area contributed by atoms with Crippen molar-refractivity contribution in [2.75, 3.05) is 20.0 Å². The molecule has 7 nitrogen and oxygen atoms in total. The third-order valence-corrected chi connectivity index (χ3v) is 8.36. The summed E-state index contributed by atoms with van der Waals surface area (Å²) in [6, 6.07) is 22.4. The molecule has 1 aliphatic rings. The molecule has 0 spiro atoms. The Morgan fingerprint density at radius 3 is 2.28 bits per heavy atom. The first kappa shape index (κ1) is 23.7. The van der Waals surface area contributed by atoms with Crippen LogP contribution in [0.2, 0.25) is 0 Å². The fraction of sp³-hybridized carbons (Fsp3) is 0.179. The highest BCUT2D eigenvalue weighted by Gasteiger charge is 2.40. The number of methoxy groups -OCH3 is 2. The van der Waals surface area contributed by atoms with E-state index in [4.69, 9.17) is 15.2 Å². The van der Waals surface area contributed by atoms with E-state index in [1.54, 1.807) is 38.5 Å². The van der Waals surface area contributed by atoms with Crippen molar-refractivity contribution < 1.29 is 17.9 Å². The fourth-order valence-electron chi connectivity index (χ4n) is 4.78. The standard InChI is InChI=1S/C28H27N3O4S/c1-19-9-12-22(13-10-19)36(32,33)31-24-18-28(20-7-5-4-6-8-20,16-15-23(24)27(29)30-31)21-11-14-25(34-2)26(17-21)35-3/h4-17H,18H2,1-3H3,(H2,29,30). The zero-order chi connectivity index (χ0) is 25.5. The molecule has 1 atom stereocenters. The monoisotopic (exact) mass is 501 g/mol. The normalized spacial score (nSPS) is 17.0. The van der Waals surface area contributed by atoms with Gasteiger partial charge in [-0.2, -0.15) is 12.5 Å². The van der Waals surface area contributed by atoms with Gasteiger partial charge in [-0.05, 0) is 42.3 Å². The molecule has 8 heteroatoms. The van der Waals surface area contributed by atoms with Crippen LogP contribution >= 0.6 is 0 Å². The van der Waals surface area contributed by atoms with Crippen LogP contribution in [0.1, 0.15) is 27.9 Å². The number of aryl methyl sites for hydroxylation is 1. The van der Waals surface area contributed by atoms with E-state index in [1.807, 2.05) is 61.5 Å². The molecule has 0 amide bonds. The molecule has 0 saturated heterocycles. The molecular formula is C28H27N3O4S. The average molecular weight is 502 g/mol. The summed E-state index contributed by atoms with van der Waals surface area (Å²) in [6.07, 6.45) is 4.26. The topological polar surface area (TPSA) is 96.4 Å². The molecule has 4 aromatic rings. The number of nitrogens with two attached hydrogens (primary N) is 1. The lowest BCUT2D eigenvalue weighted by atomic mass is 9.68. The second-order valence-corrected chi connectivity index (χ2v) is 10.6. The molecule has 5 rings (SSSR count). The summed E-state index contributed by atoms with van der Waals surface area (Å²) in [4.78, 5) is 0.157. The molecule has 0 radical (unpaired) electrons. The minimum absolute atomic E-state index is 0.157. The van der Waals surface area contributed by atoms with Gasteiger partial charge in [-0.15, -0.1) is 5.10 Å². The van der Waals surface area contributed by atoms with Crippen LogP contribution in [-0.4, -0.2) is 31.8 Å². The first-order valence-electron chi connectivity index (χ1n) is 11.5. The number of ether oxygens (including phenoxy) is 2. The lowest BCUT2D eigenvalue weighted by molar-refractivity contribution is 0.354. The van der Waals surface area contributed by atoms with Crippen LogP contribution in [0.15, 0.2) is 83.8 Å². The minimum Gasteiger partial charge on any atom is -0.493 e. The van der Waals surface area contributed by atoms with Gasteiger partial charge in [-0.25, -0.2) is 0 Å². The summed E-state index contributed by atoms with van der Waals surface area (Å²) in [5.74, 6) is 1.37. The summed E-state index contributed by atoms with van der Waals surface area (Å²) in [6.45, 7) is 1.91. The highest BCUT2D eigenvalue weighted by molar-refractivity contribution is 7.89. The van der Waals surface area contributed by atoms with Crippen molar-refractivity contribution in [1.82, 2.24) is 9.19 Å². The van der Waals surface area contributed by atoms with Gasteiger partial charge >= 0.3 is 0 Å². The predicted molar refractivity (Wildman–Crippen MR) is 140 cm³/mol. The number of hydrogen-bond acceptors (Lipinski definition) is 6. The van der Waals surface area contributed by atoms with Gasteiger partial charge in [0.15, 0.2) is 17.3 Å². The first-order chi connectivity index (χ1) is 17.3. The summed E-state index contributed by atoms with van der Waals surface area (Å²) in [7, 11) is -0.783. The lowest BCUT2D eigenvalue weighted by Gasteiger charge is -2.35. The third-order valence-electron chi connectivity index (χ3n) is 6.73. The van der Waals surface area contributed by atoms with Crippen molar-refractivity contribution in [1.29, 1.82) is 0 Å². The highest BCUT2D eigenvalue weighted by atomic mass is 32.2. The van der Waals surface area contributed by atoms with Gasteiger partial charge in [0.25, 0.3) is 10.0 Å². The van der Waals surface area contributed by atoms with Crippen LogP contribution in [-0.2, 0) is 21.9 Å². The number of anilines is 1. The summed E-state index contributed by atoms with van der Waals surface area (Å²) in [5, 5.41) is 4.29. The van der Waals surface area contributed by atoms with Crippen LogP contribution in [0.3, 0.4) is 0 Å². The summed E-state index contributed by atoms with van der Waals surface area (Å²) in [5.41, 5.74) is 9.55. The molecular weight excluding hydrogens is 474 g/mol. The summed E-state index contributed by atoms with van der Waals surface area (Å²) < 4.78 is 39.5. The van der Waals surface area contributed by atoms with Crippen molar-refractivity contribution >= 4 is 21.9 Å². The maximum absolute atomic E-state index is 13.7. The smallest absolute Gasteiger partial charge is 0.283 e. The maximum Gasteiger partial charge on any atom is 0.283 e. The predicted octanol–water partition coefficient (Wildman–Crippen LogP) is 4.58. The minimum atomic E-state index is -3.97. The molecule has 3 aromatic carbocycles. The molecule has 0 saturated carbocycles. The zero-order valence-electron chi connectivity index (χ0n) is 20.3. The van der Waals surface area contributed by atoms with Crippen LogP contribution in [0, 0.1) is 6.92 Å². The first-order valence-corrected chi connectivity index (χ1v) is 12.9. The van der Waals surface area contributed by atoms with Crippen molar-refractivity contribution in [3.8, 4) is 11.5 Å². The second kappa shape index (κ2) is 8.87. The van der Waals surface area contributed by atoms with E-state index in [0.717, 1.165) is 20.8 Å². The Bertz CT molecular complexity index is 1560. The Balaban J connectivity index is 1.72. The van der Waals surface area contributed by atoms with Gasteiger partial charge in [0.05, 0.1) is 24.8 Å². The molecule has 2 N–H and O–H groups in total. The van der Waals surface area contributed by atoms with Crippen molar-refractivity contribution in [3.05, 3.63) is 107 Å². The van der Waals surface area contributed by atoms with Gasteiger partial charge in [-0.1, -0.05) is 66.2 Å². The Hall–Kier alpha value is -4.04. The Morgan fingerprint density at radius 2 is 1.61 bits per heavy atom. The van der Waals surface area contributed by atoms with E-state index in [9.17, 15) is 8.42 Å². The summed E-state index contributed by atoms with van der Waals surface area (Å²) >= 11 is 0. The van der Waals surface area contributed by atoms with Gasteiger partial charge in [-0.3, -0.25) is 0 Å². The number of fused-ring (bicyclic) bond motifs is 1. The van der Waals surface area contributed by atoms with E-state index < -0.39 is 15.4 Å². The largest absolute Gasteiger partial charge is 0.493 e. The van der Waals surface area contributed by atoms with Gasteiger partial charge in [0, 0.05) is 17.4 Å². The number of allylic oxidation sites excluding steroid dienone is 1. The number of nitrogens with zero attached hydrogens (tertiary/aromatic N) is 2. The van der Waals surface area contributed by atoms with Crippen LogP contribution in [0.5, 0.6) is 11.5 Å². The van der Waals surface area contributed by atoms with Crippen molar-refractivity contribution in [2.45, 2.75) is 23.7 Å². The fourth-order valence-corrected chi connectivity index (χ4v) is 6.11. The number of aromatic nitrogens is 2. The molecule has 1 heterocycles. The SMILES string of the molecule is COc1ccc(C2(c3ccccc3)C=Cc3c(N)nn(S(=O)(=O)c4ccc(C)cc4)c3C2)cc1OC. The molecule has 1 unspecified atom stereocenters. The van der Waals surface area contributed by atoms with Crippen LogP contribution < -0.4 is 15.2 Å². The van der Waals surface area contributed by atoms with Gasteiger partial charge < -0.3 is 15.2 Å². The molecule has 184 valence electrons. The highest BCUT2D eigenvalue weighted by Crippen LogP contribution is 2.45. The average Bonchev–Trinajstić information content (AvgIpc) is 3.25. The lowest BCUT2D eigenvalue weighted by Crippen LogP contribution is -2.32. The van der Waals surface area contributed by atoms with E-state index >= 15 is 0 Å². The third kappa shape index (κ3) is 3.74. The second-order valence-electron chi connectivity index (χ2n) is 8.82. The van der Waals surface area contributed by atoms with Crippen LogP contribution in [0.25, 0.3) is 6.08 Å². The molecule has 1 aliphatic carbocycles. The number of nitrogen functional groups attached to an aromatic ring is 1. The van der Waals surface area contributed by atoms with Crippen molar-refractivity contribution in [3.63, 3.8) is 0 Å². The molecule has 1 aromatic heterocycles. The Kier molecular flexibility index (Phi) is 5.84. The van der Waals surface area contributed by atoms with Crippen molar-refractivity contribution in [2.24, 2.45) is 0 Å². The number of hydrogen-bond donors (Lipinski definition) is 1. The Labute approximate surface area is 210 Å². The van der Waals surface area contributed by atoms with Crippen LogP contribution in [0.4, 0.5) is 5.82 Å². The van der Waals surface area contributed by atoms with Gasteiger partial charge in [0.1, 0.15) is 0 Å². The van der Waals surface area contributed by atoms with E-state index in [0.29, 0.717) is 29.2 Å². The zero-order valence-corrected chi connectivity index (χ0v) is 21.1.